The molecule has 18 heavy (non-hydrogen) atoms. The van der Waals surface area contributed by atoms with Gasteiger partial charge in [0.15, 0.2) is 0 Å². The first-order chi connectivity index (χ1) is 8.79. The number of carbonyl (C=O) groups excluding carboxylic acids is 1. The maximum absolute atomic E-state index is 11.6. The minimum absolute atomic E-state index is 0.0764. The van der Waals surface area contributed by atoms with Gasteiger partial charge in [-0.1, -0.05) is 30.3 Å². The Bertz CT molecular complexity index is 508. The molecule has 1 aromatic heterocycles. The topological polar surface area (TPSA) is 78.0 Å². The van der Waals surface area contributed by atoms with Crippen molar-refractivity contribution in [2.75, 3.05) is 13.2 Å². The predicted molar refractivity (Wildman–Crippen MR) is 67.3 cm³/mol. The van der Waals surface area contributed by atoms with Crippen LogP contribution in [0.25, 0.3) is 0 Å². The summed E-state index contributed by atoms with van der Waals surface area (Å²) in [5.41, 5.74) is 2.38. The van der Waals surface area contributed by atoms with E-state index >= 15 is 0 Å². The van der Waals surface area contributed by atoms with Crippen LogP contribution in [0, 0.1) is 0 Å². The van der Waals surface area contributed by atoms with Gasteiger partial charge in [0, 0.05) is 18.7 Å². The molecule has 94 valence electrons. The number of aliphatic hydroxyl groups is 1. The lowest BCUT2D eigenvalue weighted by molar-refractivity contribution is 0.0940. The first-order valence-corrected chi connectivity index (χ1v) is 5.77. The third-order valence-electron chi connectivity index (χ3n) is 2.50. The Hall–Kier alpha value is -2.14. The molecular formula is C13H15N3O2. The zero-order chi connectivity index (χ0) is 12.8. The smallest absolute Gasteiger partial charge is 0.271 e. The number of H-pyrrole nitrogens is 1. The maximum Gasteiger partial charge on any atom is 0.271 e. The van der Waals surface area contributed by atoms with E-state index in [2.05, 4.69) is 15.5 Å². The summed E-state index contributed by atoms with van der Waals surface area (Å²) >= 11 is 0. The highest BCUT2D eigenvalue weighted by Crippen LogP contribution is 2.08. The van der Waals surface area contributed by atoms with Gasteiger partial charge in [0.2, 0.25) is 0 Å². The number of aromatic nitrogens is 2. The van der Waals surface area contributed by atoms with E-state index in [-0.39, 0.29) is 19.1 Å². The molecule has 0 saturated carbocycles. The van der Waals surface area contributed by atoms with Gasteiger partial charge in [-0.05, 0) is 11.6 Å². The van der Waals surface area contributed by atoms with Crippen LogP contribution in [-0.2, 0) is 6.42 Å². The number of hydrogen-bond donors (Lipinski definition) is 3. The Labute approximate surface area is 105 Å². The van der Waals surface area contributed by atoms with Crippen LogP contribution < -0.4 is 5.32 Å². The summed E-state index contributed by atoms with van der Waals surface area (Å²) in [5, 5.41) is 18.0. The van der Waals surface area contributed by atoms with Gasteiger partial charge in [-0.2, -0.15) is 5.10 Å². The molecule has 0 aliphatic carbocycles. The Morgan fingerprint density at radius 3 is 2.83 bits per heavy atom. The van der Waals surface area contributed by atoms with E-state index in [0.717, 1.165) is 11.3 Å². The third kappa shape index (κ3) is 3.18. The van der Waals surface area contributed by atoms with Crippen molar-refractivity contribution in [3.63, 3.8) is 0 Å². The van der Waals surface area contributed by atoms with E-state index in [1.165, 1.54) is 0 Å². The van der Waals surface area contributed by atoms with Gasteiger partial charge in [0.25, 0.3) is 5.91 Å². The molecule has 1 amide bonds. The molecule has 2 aromatic rings. The van der Waals surface area contributed by atoms with E-state index < -0.39 is 0 Å². The summed E-state index contributed by atoms with van der Waals surface area (Å²) in [7, 11) is 0. The summed E-state index contributed by atoms with van der Waals surface area (Å²) in [6.07, 6.45) is 0.709. The van der Waals surface area contributed by atoms with E-state index in [0.29, 0.717) is 12.1 Å². The second kappa shape index (κ2) is 5.97. The normalized spacial score (nSPS) is 10.3. The van der Waals surface area contributed by atoms with Crippen LogP contribution in [0.2, 0.25) is 0 Å². The van der Waals surface area contributed by atoms with Crippen LogP contribution in [0.1, 0.15) is 21.7 Å². The van der Waals surface area contributed by atoms with E-state index in [1.807, 2.05) is 30.3 Å². The van der Waals surface area contributed by atoms with Crippen molar-refractivity contribution in [3.05, 3.63) is 53.3 Å². The van der Waals surface area contributed by atoms with Crippen molar-refractivity contribution < 1.29 is 9.90 Å². The standard InChI is InChI=1S/C13H15N3O2/c17-7-6-14-13(18)12-9-11(15-16-12)8-10-4-2-1-3-5-10/h1-5,9,17H,6-8H2,(H,14,18)(H,15,16). The summed E-state index contributed by atoms with van der Waals surface area (Å²) in [5.74, 6) is -0.278. The molecule has 3 N–H and O–H groups in total. The molecule has 1 aromatic carbocycles. The van der Waals surface area contributed by atoms with Crippen LogP contribution in [-0.4, -0.2) is 34.4 Å². The first kappa shape index (κ1) is 12.3. The fourth-order valence-electron chi connectivity index (χ4n) is 1.64. The number of nitrogens with zero attached hydrogens (tertiary/aromatic N) is 1. The Kier molecular flexibility index (Phi) is 4.09. The summed E-state index contributed by atoms with van der Waals surface area (Å²) in [6.45, 7) is 0.159. The number of nitrogens with one attached hydrogen (secondary N) is 2. The maximum atomic E-state index is 11.6. The number of aromatic amines is 1. The first-order valence-electron chi connectivity index (χ1n) is 5.77. The number of benzene rings is 1. The molecule has 0 unspecified atom stereocenters. The average Bonchev–Trinajstić information content (AvgIpc) is 2.86. The molecule has 0 spiro atoms. The van der Waals surface area contributed by atoms with Gasteiger partial charge < -0.3 is 10.4 Å². The van der Waals surface area contributed by atoms with Gasteiger partial charge in [-0.3, -0.25) is 9.89 Å². The van der Waals surface area contributed by atoms with E-state index in [9.17, 15) is 4.79 Å². The van der Waals surface area contributed by atoms with Gasteiger partial charge >= 0.3 is 0 Å². The second-order valence-corrected chi connectivity index (χ2v) is 3.92. The molecule has 5 nitrogen and oxygen atoms in total. The predicted octanol–water partition coefficient (Wildman–Crippen LogP) is 0.723. The lowest BCUT2D eigenvalue weighted by Gasteiger charge is -1.98. The van der Waals surface area contributed by atoms with Crippen molar-refractivity contribution in [2.24, 2.45) is 0 Å². The number of amides is 1. The fourth-order valence-corrected chi connectivity index (χ4v) is 1.64. The van der Waals surface area contributed by atoms with Crippen molar-refractivity contribution in [3.8, 4) is 0 Å². The monoisotopic (exact) mass is 245 g/mol. The highest BCUT2D eigenvalue weighted by Gasteiger charge is 2.09. The van der Waals surface area contributed by atoms with Crippen LogP contribution in [0.15, 0.2) is 36.4 Å². The molecule has 0 bridgehead atoms. The zero-order valence-corrected chi connectivity index (χ0v) is 9.89. The van der Waals surface area contributed by atoms with Crippen LogP contribution >= 0.6 is 0 Å². The third-order valence-corrected chi connectivity index (χ3v) is 2.50. The van der Waals surface area contributed by atoms with Gasteiger partial charge in [0.1, 0.15) is 5.69 Å². The Morgan fingerprint density at radius 1 is 1.33 bits per heavy atom. The van der Waals surface area contributed by atoms with Crippen LogP contribution in [0.5, 0.6) is 0 Å². The molecule has 0 fully saturated rings. The quantitative estimate of drug-likeness (QED) is 0.726. The minimum atomic E-state index is -0.278. The number of carbonyl (C=O) groups is 1. The van der Waals surface area contributed by atoms with Crippen molar-refractivity contribution in [1.29, 1.82) is 0 Å². The molecule has 2 rings (SSSR count). The summed E-state index contributed by atoms with van der Waals surface area (Å²) in [4.78, 5) is 11.6. The fraction of sp³-hybridized carbons (Fsp3) is 0.231. The van der Waals surface area contributed by atoms with Gasteiger partial charge in [-0.15, -0.1) is 0 Å². The minimum Gasteiger partial charge on any atom is -0.395 e. The molecule has 0 radical (unpaired) electrons. The van der Waals surface area contributed by atoms with Gasteiger partial charge in [0.05, 0.1) is 6.61 Å². The SMILES string of the molecule is O=C(NCCO)c1cc(Cc2ccccc2)[nH]n1. The zero-order valence-electron chi connectivity index (χ0n) is 9.89. The molecule has 0 aliphatic rings. The molecule has 5 heteroatoms. The number of rotatable bonds is 5. The number of hydrogen-bond acceptors (Lipinski definition) is 3. The highest BCUT2D eigenvalue weighted by molar-refractivity contribution is 5.92. The number of aliphatic hydroxyl groups excluding tert-OH is 1. The molecule has 1 heterocycles. The summed E-state index contributed by atoms with van der Waals surface area (Å²) < 4.78 is 0. The molecule has 0 atom stereocenters. The van der Waals surface area contributed by atoms with E-state index in [4.69, 9.17) is 5.11 Å². The van der Waals surface area contributed by atoms with Crippen molar-refractivity contribution in [1.82, 2.24) is 15.5 Å². The largest absolute Gasteiger partial charge is 0.395 e. The van der Waals surface area contributed by atoms with Crippen LogP contribution in [0.4, 0.5) is 0 Å². The van der Waals surface area contributed by atoms with Gasteiger partial charge in [-0.25, -0.2) is 0 Å². The molecular weight excluding hydrogens is 230 g/mol. The lowest BCUT2D eigenvalue weighted by atomic mass is 10.1. The van der Waals surface area contributed by atoms with E-state index in [1.54, 1.807) is 6.07 Å². The van der Waals surface area contributed by atoms with Crippen LogP contribution in [0.3, 0.4) is 0 Å². The summed E-state index contributed by atoms with van der Waals surface area (Å²) in [6, 6.07) is 11.7. The second-order valence-electron chi connectivity index (χ2n) is 3.92. The molecule has 0 saturated heterocycles. The Morgan fingerprint density at radius 2 is 2.11 bits per heavy atom. The highest BCUT2D eigenvalue weighted by atomic mass is 16.3. The average molecular weight is 245 g/mol. The lowest BCUT2D eigenvalue weighted by Crippen LogP contribution is -2.26. The Balaban J connectivity index is 2.00. The van der Waals surface area contributed by atoms with Crippen molar-refractivity contribution in [2.45, 2.75) is 6.42 Å². The van der Waals surface area contributed by atoms with Crippen molar-refractivity contribution >= 4 is 5.91 Å². The molecule has 0 aliphatic heterocycles.